The van der Waals surface area contributed by atoms with Crippen molar-refractivity contribution in [2.45, 2.75) is 39.5 Å². The Morgan fingerprint density at radius 3 is 2.44 bits per heavy atom. The van der Waals surface area contributed by atoms with E-state index in [1.54, 1.807) is 18.2 Å². The van der Waals surface area contributed by atoms with Gasteiger partial charge in [0.1, 0.15) is 11.5 Å². The van der Waals surface area contributed by atoms with Crippen LogP contribution in [0.3, 0.4) is 0 Å². The number of carbonyl (C=O) groups is 2. The van der Waals surface area contributed by atoms with Crippen molar-refractivity contribution in [3.63, 3.8) is 0 Å². The molecule has 0 fully saturated rings. The van der Waals surface area contributed by atoms with E-state index in [-0.39, 0.29) is 23.7 Å². The summed E-state index contributed by atoms with van der Waals surface area (Å²) in [5, 5.41) is 10.5. The summed E-state index contributed by atoms with van der Waals surface area (Å²) < 4.78 is 5.29. The molecule has 2 aromatic heterocycles. The predicted octanol–water partition coefficient (Wildman–Crippen LogP) is 5.20. The van der Waals surface area contributed by atoms with E-state index in [0.717, 1.165) is 22.0 Å². The molecule has 4 aromatic rings. The van der Waals surface area contributed by atoms with Crippen molar-refractivity contribution in [1.82, 2.24) is 10.1 Å². The van der Waals surface area contributed by atoms with Crippen LogP contribution in [0.25, 0.3) is 10.9 Å². The molecule has 0 aliphatic heterocycles. The van der Waals surface area contributed by atoms with Crippen LogP contribution < -0.4 is 10.6 Å². The second kappa shape index (κ2) is 8.34. The van der Waals surface area contributed by atoms with Crippen molar-refractivity contribution in [2.75, 3.05) is 10.6 Å². The van der Waals surface area contributed by atoms with Gasteiger partial charge in [0.15, 0.2) is 5.82 Å². The average Bonchev–Trinajstić information content (AvgIpc) is 3.36. The first kappa shape index (κ1) is 21.4. The van der Waals surface area contributed by atoms with E-state index < -0.39 is 0 Å². The summed E-state index contributed by atoms with van der Waals surface area (Å²) in [4.78, 5) is 28.1. The van der Waals surface area contributed by atoms with E-state index in [2.05, 4.69) is 20.8 Å². The van der Waals surface area contributed by atoms with Gasteiger partial charge in [-0.1, -0.05) is 49.7 Å². The minimum atomic E-state index is -0.218. The molecule has 32 heavy (non-hydrogen) atoms. The number of aromatic nitrogens is 2. The lowest BCUT2D eigenvalue weighted by atomic mass is 9.93. The number of hydrogen-bond donors (Lipinski definition) is 3. The van der Waals surface area contributed by atoms with Crippen molar-refractivity contribution in [3.05, 3.63) is 77.2 Å². The first-order valence-corrected chi connectivity index (χ1v) is 10.4. The smallest absolute Gasteiger partial charge is 0.272 e. The Morgan fingerprint density at radius 1 is 1.00 bits per heavy atom. The Morgan fingerprint density at radius 2 is 1.75 bits per heavy atom. The van der Waals surface area contributed by atoms with Crippen LogP contribution in [-0.4, -0.2) is 22.0 Å². The molecular weight excluding hydrogens is 404 g/mol. The van der Waals surface area contributed by atoms with Crippen molar-refractivity contribution >= 4 is 34.2 Å². The number of nitrogens with one attached hydrogen (secondary N) is 3. The molecule has 0 spiro atoms. The van der Waals surface area contributed by atoms with Gasteiger partial charge in [-0.05, 0) is 42.8 Å². The highest BCUT2D eigenvalue weighted by atomic mass is 16.5. The summed E-state index contributed by atoms with van der Waals surface area (Å²) in [5.41, 5.74) is 3.85. The third-order valence-corrected chi connectivity index (χ3v) is 5.11. The molecule has 7 nitrogen and oxygen atoms in total. The Balaban J connectivity index is 1.35. The normalized spacial score (nSPS) is 11.5. The van der Waals surface area contributed by atoms with Crippen molar-refractivity contribution in [2.24, 2.45) is 0 Å². The number of benzene rings is 2. The molecular formula is C25H26N4O3. The highest BCUT2D eigenvalue weighted by molar-refractivity contribution is 6.06. The molecule has 164 valence electrons. The first-order chi connectivity index (χ1) is 15.2. The van der Waals surface area contributed by atoms with Crippen LogP contribution in [-0.2, 0) is 16.6 Å². The van der Waals surface area contributed by atoms with Crippen LogP contribution >= 0.6 is 0 Å². The van der Waals surface area contributed by atoms with Crippen molar-refractivity contribution in [3.8, 4) is 0 Å². The zero-order valence-corrected chi connectivity index (χ0v) is 18.6. The van der Waals surface area contributed by atoms with Gasteiger partial charge in [-0.15, -0.1) is 0 Å². The summed E-state index contributed by atoms with van der Waals surface area (Å²) in [5.74, 6) is 0.698. The Hall–Kier alpha value is -3.87. The second-order valence-corrected chi connectivity index (χ2v) is 8.98. The maximum atomic E-state index is 12.6. The maximum absolute atomic E-state index is 12.6. The number of fused-ring (bicyclic) bond motifs is 1. The number of anilines is 2. The Labute approximate surface area is 186 Å². The molecule has 2 heterocycles. The van der Waals surface area contributed by atoms with Crippen LogP contribution in [0.1, 0.15) is 48.1 Å². The van der Waals surface area contributed by atoms with E-state index in [1.807, 2.05) is 64.1 Å². The third-order valence-electron chi connectivity index (χ3n) is 5.11. The molecule has 0 aliphatic carbocycles. The van der Waals surface area contributed by atoms with Crippen molar-refractivity contribution < 1.29 is 14.1 Å². The van der Waals surface area contributed by atoms with Gasteiger partial charge in [0.2, 0.25) is 5.91 Å². The quantitative estimate of drug-likeness (QED) is 0.405. The molecule has 4 rings (SSSR count). The largest absolute Gasteiger partial charge is 0.359 e. The van der Waals surface area contributed by atoms with E-state index >= 15 is 0 Å². The average molecular weight is 431 g/mol. The number of rotatable bonds is 5. The molecule has 3 N–H and O–H groups in total. The van der Waals surface area contributed by atoms with Gasteiger partial charge in [0.25, 0.3) is 5.91 Å². The third kappa shape index (κ3) is 4.88. The molecule has 0 saturated heterocycles. The number of carbonyl (C=O) groups excluding carboxylic acids is 2. The SMILES string of the molecule is Cc1ccc2[nH]c(C(=O)Nc3ccc(CC(=O)Nc4cc(C(C)(C)C)on4)cc3)cc2c1. The fourth-order valence-corrected chi connectivity index (χ4v) is 3.34. The summed E-state index contributed by atoms with van der Waals surface area (Å²) in [6, 6.07) is 16.8. The number of amides is 2. The minimum absolute atomic E-state index is 0.179. The fourth-order valence-electron chi connectivity index (χ4n) is 3.34. The Kier molecular flexibility index (Phi) is 5.57. The van der Waals surface area contributed by atoms with Gasteiger partial charge in [-0.25, -0.2) is 0 Å². The topological polar surface area (TPSA) is 100 Å². The van der Waals surface area contributed by atoms with Crippen LogP contribution in [0.5, 0.6) is 0 Å². The Bertz CT molecular complexity index is 1280. The van der Waals surface area contributed by atoms with E-state index in [9.17, 15) is 9.59 Å². The lowest BCUT2D eigenvalue weighted by molar-refractivity contribution is -0.115. The van der Waals surface area contributed by atoms with Gasteiger partial charge >= 0.3 is 0 Å². The highest BCUT2D eigenvalue weighted by Gasteiger charge is 2.20. The van der Waals surface area contributed by atoms with E-state index in [1.165, 1.54) is 0 Å². The molecule has 7 heteroatoms. The second-order valence-electron chi connectivity index (χ2n) is 8.98. The van der Waals surface area contributed by atoms with Gasteiger partial charge in [0, 0.05) is 28.1 Å². The van der Waals surface area contributed by atoms with E-state index in [4.69, 9.17) is 4.52 Å². The number of H-pyrrole nitrogens is 1. The highest BCUT2D eigenvalue weighted by Crippen LogP contribution is 2.24. The van der Waals surface area contributed by atoms with Crippen LogP contribution in [0.15, 0.2) is 59.1 Å². The maximum Gasteiger partial charge on any atom is 0.272 e. The molecule has 0 unspecified atom stereocenters. The number of aromatic amines is 1. The predicted molar refractivity (Wildman–Crippen MR) is 125 cm³/mol. The van der Waals surface area contributed by atoms with Crippen molar-refractivity contribution in [1.29, 1.82) is 0 Å². The zero-order valence-electron chi connectivity index (χ0n) is 18.6. The summed E-state index contributed by atoms with van der Waals surface area (Å²) in [6.07, 6.45) is 0.188. The van der Waals surface area contributed by atoms with Crippen LogP contribution in [0.2, 0.25) is 0 Å². The lowest BCUT2D eigenvalue weighted by Crippen LogP contribution is -2.15. The fraction of sp³-hybridized carbons (Fsp3) is 0.240. The molecule has 0 aliphatic rings. The molecule has 0 saturated carbocycles. The molecule has 0 bridgehead atoms. The van der Waals surface area contributed by atoms with Gasteiger partial charge < -0.3 is 20.1 Å². The molecule has 2 aromatic carbocycles. The monoisotopic (exact) mass is 430 g/mol. The van der Waals surface area contributed by atoms with Crippen LogP contribution in [0, 0.1) is 6.92 Å². The summed E-state index contributed by atoms with van der Waals surface area (Å²) in [6.45, 7) is 8.05. The summed E-state index contributed by atoms with van der Waals surface area (Å²) in [7, 11) is 0. The minimum Gasteiger partial charge on any atom is -0.359 e. The van der Waals surface area contributed by atoms with Gasteiger partial charge in [-0.2, -0.15) is 0 Å². The standard InChI is InChI=1S/C25H26N4O3/c1-15-5-10-19-17(11-15)13-20(27-19)24(31)26-18-8-6-16(7-9-18)12-23(30)28-22-14-21(32-29-22)25(2,3)4/h5-11,13-14,27H,12H2,1-4H3,(H,26,31)(H,28,29,30). The molecule has 0 atom stereocenters. The van der Waals surface area contributed by atoms with Gasteiger partial charge in [-0.3, -0.25) is 9.59 Å². The lowest BCUT2D eigenvalue weighted by Gasteiger charge is -2.12. The van der Waals surface area contributed by atoms with Gasteiger partial charge in [0.05, 0.1) is 6.42 Å². The van der Waals surface area contributed by atoms with E-state index in [0.29, 0.717) is 23.0 Å². The molecule has 2 amide bonds. The number of aryl methyl sites for hydroxylation is 1. The summed E-state index contributed by atoms with van der Waals surface area (Å²) >= 11 is 0. The molecule has 0 radical (unpaired) electrons. The first-order valence-electron chi connectivity index (χ1n) is 10.4. The van der Waals surface area contributed by atoms with Crippen LogP contribution in [0.4, 0.5) is 11.5 Å². The number of hydrogen-bond acceptors (Lipinski definition) is 4. The number of nitrogens with zero attached hydrogens (tertiary/aromatic N) is 1. The zero-order chi connectivity index (χ0) is 22.9.